The van der Waals surface area contributed by atoms with Crippen LogP contribution in [0.3, 0.4) is 0 Å². The standard InChI is InChI=1S/C29H24N4O7/c1-20-6-5-9-22(12-20)19-39-27-11-10-23(28(16-27)40-18-21-7-3-2-4-8-21)17-30-31-29(34)24-13-25(32(35)36)15-26(14-24)33(37)38/h2-17H,18-19H2,1H3,(H,31,34)/b30-17+. The normalized spacial score (nSPS) is 10.7. The number of hydrogen-bond donors (Lipinski definition) is 1. The second-order valence-electron chi connectivity index (χ2n) is 8.70. The fourth-order valence-corrected chi connectivity index (χ4v) is 3.70. The molecule has 0 aromatic heterocycles. The Morgan fingerprint density at radius 2 is 1.50 bits per heavy atom. The molecule has 0 saturated heterocycles. The summed E-state index contributed by atoms with van der Waals surface area (Å²) < 4.78 is 12.0. The Labute approximate surface area is 229 Å². The molecular formula is C29H24N4O7. The molecule has 1 N–H and O–H groups in total. The van der Waals surface area contributed by atoms with E-state index >= 15 is 0 Å². The Morgan fingerprint density at radius 3 is 2.17 bits per heavy atom. The van der Waals surface area contributed by atoms with E-state index in [9.17, 15) is 25.0 Å². The minimum Gasteiger partial charge on any atom is -0.489 e. The SMILES string of the molecule is Cc1cccc(COc2ccc(/C=N/NC(=O)c3cc([N+](=O)[O-])cc([N+](=O)[O-])c3)c(OCc3ccccc3)c2)c1. The predicted molar refractivity (Wildman–Crippen MR) is 148 cm³/mol. The van der Waals surface area contributed by atoms with Crippen LogP contribution >= 0.6 is 0 Å². The van der Waals surface area contributed by atoms with Crippen molar-refractivity contribution in [3.63, 3.8) is 0 Å². The molecule has 1 amide bonds. The average Bonchev–Trinajstić information content (AvgIpc) is 2.96. The summed E-state index contributed by atoms with van der Waals surface area (Å²) in [6.07, 6.45) is 1.34. The first-order valence-electron chi connectivity index (χ1n) is 12.0. The molecular weight excluding hydrogens is 516 g/mol. The van der Waals surface area contributed by atoms with Gasteiger partial charge in [-0.15, -0.1) is 0 Å². The molecule has 40 heavy (non-hydrogen) atoms. The summed E-state index contributed by atoms with van der Waals surface area (Å²) >= 11 is 0. The highest BCUT2D eigenvalue weighted by Crippen LogP contribution is 2.26. The third-order valence-corrected chi connectivity index (χ3v) is 5.67. The quantitative estimate of drug-likeness (QED) is 0.145. The van der Waals surface area contributed by atoms with Crippen LogP contribution in [0.25, 0.3) is 0 Å². The first-order chi connectivity index (χ1) is 19.3. The second-order valence-corrected chi connectivity index (χ2v) is 8.70. The third kappa shape index (κ3) is 7.48. The van der Waals surface area contributed by atoms with Crippen molar-refractivity contribution in [1.29, 1.82) is 0 Å². The van der Waals surface area contributed by atoms with Gasteiger partial charge in [-0.25, -0.2) is 5.43 Å². The van der Waals surface area contributed by atoms with Gasteiger partial charge in [0.2, 0.25) is 0 Å². The molecule has 0 fully saturated rings. The number of carbonyl (C=O) groups is 1. The van der Waals surface area contributed by atoms with Crippen molar-refractivity contribution in [3.05, 3.63) is 139 Å². The van der Waals surface area contributed by atoms with E-state index in [1.54, 1.807) is 18.2 Å². The highest BCUT2D eigenvalue weighted by atomic mass is 16.6. The molecule has 11 nitrogen and oxygen atoms in total. The highest BCUT2D eigenvalue weighted by Gasteiger charge is 2.19. The fourth-order valence-electron chi connectivity index (χ4n) is 3.70. The summed E-state index contributed by atoms with van der Waals surface area (Å²) in [5, 5.41) is 26.2. The van der Waals surface area contributed by atoms with Crippen molar-refractivity contribution in [2.75, 3.05) is 0 Å². The number of nitro groups is 2. The third-order valence-electron chi connectivity index (χ3n) is 5.67. The van der Waals surface area contributed by atoms with Crippen LogP contribution in [0.4, 0.5) is 11.4 Å². The number of hydrogen-bond acceptors (Lipinski definition) is 8. The lowest BCUT2D eigenvalue weighted by atomic mass is 10.1. The van der Waals surface area contributed by atoms with E-state index in [4.69, 9.17) is 9.47 Å². The van der Waals surface area contributed by atoms with Crippen molar-refractivity contribution in [3.8, 4) is 11.5 Å². The molecule has 4 aromatic carbocycles. The number of amides is 1. The Bertz CT molecular complexity index is 1540. The number of nitrogens with one attached hydrogen (secondary N) is 1. The van der Waals surface area contributed by atoms with Gasteiger partial charge in [0.25, 0.3) is 17.3 Å². The Hall–Kier alpha value is -5.58. The van der Waals surface area contributed by atoms with Gasteiger partial charge in [0, 0.05) is 23.8 Å². The maximum Gasteiger partial charge on any atom is 0.277 e. The lowest BCUT2D eigenvalue weighted by Crippen LogP contribution is -2.18. The van der Waals surface area contributed by atoms with Crippen molar-refractivity contribution in [2.45, 2.75) is 20.1 Å². The zero-order valence-corrected chi connectivity index (χ0v) is 21.4. The van der Waals surface area contributed by atoms with E-state index in [0.717, 1.165) is 34.9 Å². The number of nitrogens with zero attached hydrogens (tertiary/aromatic N) is 3. The topological polar surface area (TPSA) is 146 Å². The lowest BCUT2D eigenvalue weighted by molar-refractivity contribution is -0.394. The van der Waals surface area contributed by atoms with Crippen molar-refractivity contribution in [1.82, 2.24) is 5.43 Å². The molecule has 0 aliphatic carbocycles. The number of aryl methyl sites for hydroxylation is 1. The van der Waals surface area contributed by atoms with Crippen LogP contribution < -0.4 is 14.9 Å². The molecule has 11 heteroatoms. The van der Waals surface area contributed by atoms with Crippen LogP contribution in [-0.4, -0.2) is 22.0 Å². The molecule has 0 aliphatic heterocycles. The van der Waals surface area contributed by atoms with Gasteiger partial charge in [-0.1, -0.05) is 60.2 Å². The zero-order chi connectivity index (χ0) is 28.5. The molecule has 0 saturated carbocycles. The monoisotopic (exact) mass is 540 g/mol. The van der Waals surface area contributed by atoms with Crippen LogP contribution in [0, 0.1) is 27.2 Å². The van der Waals surface area contributed by atoms with E-state index < -0.39 is 27.1 Å². The van der Waals surface area contributed by atoms with Crippen molar-refractivity contribution in [2.24, 2.45) is 5.10 Å². The van der Waals surface area contributed by atoms with Crippen LogP contribution in [0.2, 0.25) is 0 Å². The van der Waals surface area contributed by atoms with Gasteiger partial charge >= 0.3 is 0 Å². The highest BCUT2D eigenvalue weighted by molar-refractivity contribution is 5.96. The van der Waals surface area contributed by atoms with Crippen LogP contribution in [0.5, 0.6) is 11.5 Å². The Morgan fingerprint density at radius 1 is 0.825 bits per heavy atom. The minimum absolute atomic E-state index is 0.271. The maximum atomic E-state index is 12.6. The number of ether oxygens (including phenoxy) is 2. The number of rotatable bonds is 11. The fraction of sp³-hybridized carbons (Fsp3) is 0.103. The Balaban J connectivity index is 1.52. The summed E-state index contributed by atoms with van der Waals surface area (Å²) in [6.45, 7) is 2.64. The smallest absolute Gasteiger partial charge is 0.277 e. The predicted octanol–water partition coefficient (Wildman–Crippen LogP) is 5.73. The molecule has 0 spiro atoms. The first-order valence-corrected chi connectivity index (χ1v) is 12.0. The van der Waals surface area contributed by atoms with Crippen molar-refractivity contribution < 1.29 is 24.1 Å². The largest absolute Gasteiger partial charge is 0.489 e. The van der Waals surface area contributed by atoms with Gasteiger partial charge in [0.15, 0.2) is 0 Å². The summed E-state index contributed by atoms with van der Waals surface area (Å²) in [7, 11) is 0. The molecule has 0 atom stereocenters. The molecule has 0 heterocycles. The van der Waals surface area contributed by atoms with E-state index in [2.05, 4.69) is 10.5 Å². The number of carbonyl (C=O) groups excluding carboxylic acids is 1. The molecule has 0 radical (unpaired) electrons. The van der Waals surface area contributed by atoms with Gasteiger partial charge < -0.3 is 9.47 Å². The molecule has 0 aliphatic rings. The van der Waals surface area contributed by atoms with Crippen molar-refractivity contribution >= 4 is 23.5 Å². The van der Waals surface area contributed by atoms with E-state index in [-0.39, 0.29) is 12.2 Å². The van der Waals surface area contributed by atoms with Gasteiger partial charge in [-0.3, -0.25) is 25.0 Å². The van der Waals surface area contributed by atoms with Crippen LogP contribution in [-0.2, 0) is 13.2 Å². The number of benzene rings is 4. The number of non-ortho nitro benzene ring substituents is 2. The van der Waals surface area contributed by atoms with Crippen LogP contribution in [0.1, 0.15) is 32.6 Å². The van der Waals surface area contributed by atoms with E-state index in [1.807, 2.05) is 61.5 Å². The molecule has 0 unspecified atom stereocenters. The average molecular weight is 541 g/mol. The maximum absolute atomic E-state index is 12.6. The summed E-state index contributed by atoms with van der Waals surface area (Å²) in [5.41, 5.74) is 4.40. The van der Waals surface area contributed by atoms with Gasteiger partial charge in [-0.2, -0.15) is 5.10 Å². The minimum atomic E-state index is -0.854. The van der Waals surface area contributed by atoms with Gasteiger partial charge in [0.05, 0.1) is 27.7 Å². The molecule has 4 rings (SSSR count). The Kier molecular flexibility index (Phi) is 8.77. The number of hydrazone groups is 1. The summed E-state index contributed by atoms with van der Waals surface area (Å²) in [6, 6.07) is 25.3. The van der Waals surface area contributed by atoms with Gasteiger partial charge in [-0.05, 0) is 30.2 Å². The van der Waals surface area contributed by atoms with E-state index in [1.165, 1.54) is 6.21 Å². The lowest BCUT2D eigenvalue weighted by Gasteiger charge is -2.13. The number of nitro benzene ring substituents is 2. The summed E-state index contributed by atoms with van der Waals surface area (Å²) in [4.78, 5) is 33.2. The zero-order valence-electron chi connectivity index (χ0n) is 21.4. The van der Waals surface area contributed by atoms with Crippen LogP contribution in [0.15, 0.2) is 96.1 Å². The molecule has 0 bridgehead atoms. The second kappa shape index (κ2) is 12.8. The first kappa shape index (κ1) is 27.5. The molecule has 4 aromatic rings. The molecule has 202 valence electrons. The summed E-state index contributed by atoms with van der Waals surface area (Å²) in [5.74, 6) is 0.150. The van der Waals surface area contributed by atoms with E-state index in [0.29, 0.717) is 23.7 Å². The van der Waals surface area contributed by atoms with Gasteiger partial charge in [0.1, 0.15) is 24.7 Å².